The highest BCUT2D eigenvalue weighted by atomic mass is 15.3. The molecule has 17 heavy (non-hydrogen) atoms. The molecule has 2 nitrogen and oxygen atoms in total. The third-order valence-corrected chi connectivity index (χ3v) is 5.60. The van der Waals surface area contributed by atoms with Gasteiger partial charge in [-0.25, -0.2) is 0 Å². The van der Waals surface area contributed by atoms with Crippen LogP contribution in [0.25, 0.3) is 0 Å². The molecule has 1 saturated heterocycles. The molecule has 2 heteroatoms. The molecule has 0 spiro atoms. The zero-order valence-electron chi connectivity index (χ0n) is 11.7. The molecule has 3 aliphatic rings. The lowest BCUT2D eigenvalue weighted by Gasteiger charge is -2.49. The second kappa shape index (κ2) is 4.24. The molecular formula is C15H28N2. The van der Waals surface area contributed by atoms with Crippen molar-refractivity contribution in [2.75, 3.05) is 13.1 Å². The largest absolute Gasteiger partial charge is 0.308 e. The summed E-state index contributed by atoms with van der Waals surface area (Å²) < 4.78 is 0. The van der Waals surface area contributed by atoms with E-state index in [1.807, 2.05) is 0 Å². The van der Waals surface area contributed by atoms with E-state index in [0.717, 1.165) is 23.9 Å². The molecule has 0 aromatic carbocycles. The van der Waals surface area contributed by atoms with E-state index in [4.69, 9.17) is 0 Å². The van der Waals surface area contributed by atoms with Crippen molar-refractivity contribution < 1.29 is 0 Å². The van der Waals surface area contributed by atoms with Gasteiger partial charge in [-0.1, -0.05) is 13.3 Å². The fourth-order valence-corrected chi connectivity index (χ4v) is 4.15. The van der Waals surface area contributed by atoms with E-state index in [1.165, 1.54) is 45.2 Å². The summed E-state index contributed by atoms with van der Waals surface area (Å²) in [5, 5.41) is 3.83. The molecule has 0 aromatic heterocycles. The Bertz CT molecular complexity index is 287. The van der Waals surface area contributed by atoms with Crippen LogP contribution < -0.4 is 5.32 Å². The van der Waals surface area contributed by atoms with E-state index in [0.29, 0.717) is 5.54 Å². The van der Waals surface area contributed by atoms with Crippen molar-refractivity contribution in [1.82, 2.24) is 10.2 Å². The standard InChI is InChI=1S/C15H28N2/c1-11-5-4-6-14(11)17-10-15(3,13-7-8-13)16-9-12(17)2/h11-14,16H,4-10H2,1-3H3. The van der Waals surface area contributed by atoms with Gasteiger partial charge in [-0.15, -0.1) is 0 Å². The Morgan fingerprint density at radius 2 is 1.88 bits per heavy atom. The van der Waals surface area contributed by atoms with E-state index < -0.39 is 0 Å². The highest BCUT2D eigenvalue weighted by molar-refractivity contribution is 5.05. The summed E-state index contributed by atoms with van der Waals surface area (Å²) in [6.45, 7) is 9.80. The molecule has 0 bridgehead atoms. The van der Waals surface area contributed by atoms with Gasteiger partial charge in [0, 0.05) is 30.7 Å². The van der Waals surface area contributed by atoms with E-state index in [-0.39, 0.29) is 0 Å². The van der Waals surface area contributed by atoms with Crippen LogP contribution in [0.1, 0.15) is 52.9 Å². The molecule has 0 radical (unpaired) electrons. The number of hydrogen-bond acceptors (Lipinski definition) is 2. The molecule has 0 amide bonds. The quantitative estimate of drug-likeness (QED) is 0.793. The van der Waals surface area contributed by atoms with Crippen molar-refractivity contribution in [1.29, 1.82) is 0 Å². The predicted octanol–water partition coefficient (Wildman–Crippen LogP) is 2.64. The molecule has 4 atom stereocenters. The molecule has 4 unspecified atom stereocenters. The van der Waals surface area contributed by atoms with Gasteiger partial charge in [0.1, 0.15) is 0 Å². The van der Waals surface area contributed by atoms with Crippen LogP contribution in [0, 0.1) is 11.8 Å². The monoisotopic (exact) mass is 236 g/mol. The third-order valence-electron chi connectivity index (χ3n) is 5.60. The van der Waals surface area contributed by atoms with Crippen molar-refractivity contribution in [3.8, 4) is 0 Å². The van der Waals surface area contributed by atoms with Crippen molar-refractivity contribution >= 4 is 0 Å². The summed E-state index contributed by atoms with van der Waals surface area (Å²) in [7, 11) is 0. The van der Waals surface area contributed by atoms with Crippen LogP contribution in [-0.4, -0.2) is 35.6 Å². The van der Waals surface area contributed by atoms with Gasteiger partial charge in [0.05, 0.1) is 0 Å². The Hall–Kier alpha value is -0.0800. The van der Waals surface area contributed by atoms with Gasteiger partial charge in [0.2, 0.25) is 0 Å². The minimum absolute atomic E-state index is 0.412. The summed E-state index contributed by atoms with van der Waals surface area (Å²) in [5.74, 6) is 1.87. The number of nitrogens with one attached hydrogen (secondary N) is 1. The van der Waals surface area contributed by atoms with Gasteiger partial charge in [-0.2, -0.15) is 0 Å². The fraction of sp³-hybridized carbons (Fsp3) is 1.00. The zero-order chi connectivity index (χ0) is 12.0. The first-order valence-electron chi connectivity index (χ1n) is 7.61. The maximum atomic E-state index is 3.83. The van der Waals surface area contributed by atoms with Crippen molar-refractivity contribution in [3.05, 3.63) is 0 Å². The van der Waals surface area contributed by atoms with Gasteiger partial charge in [-0.05, 0) is 51.4 Å². The van der Waals surface area contributed by atoms with Crippen LogP contribution in [-0.2, 0) is 0 Å². The number of nitrogens with zero attached hydrogens (tertiary/aromatic N) is 1. The molecule has 3 rings (SSSR count). The average Bonchev–Trinajstić information content (AvgIpc) is 3.07. The first-order valence-corrected chi connectivity index (χ1v) is 7.61. The van der Waals surface area contributed by atoms with Gasteiger partial charge in [0.25, 0.3) is 0 Å². The van der Waals surface area contributed by atoms with Crippen LogP contribution in [0.3, 0.4) is 0 Å². The van der Waals surface area contributed by atoms with Crippen LogP contribution in [0.4, 0.5) is 0 Å². The Morgan fingerprint density at radius 1 is 1.12 bits per heavy atom. The Kier molecular flexibility index (Phi) is 2.99. The maximum Gasteiger partial charge on any atom is 0.0309 e. The van der Waals surface area contributed by atoms with E-state index in [9.17, 15) is 0 Å². The van der Waals surface area contributed by atoms with Crippen LogP contribution >= 0.6 is 0 Å². The second-order valence-corrected chi connectivity index (χ2v) is 7.07. The maximum absolute atomic E-state index is 3.83. The van der Waals surface area contributed by atoms with Gasteiger partial charge in [0.15, 0.2) is 0 Å². The first kappa shape index (κ1) is 12.0. The molecule has 3 fully saturated rings. The highest BCUT2D eigenvalue weighted by Gasteiger charge is 2.47. The fourth-order valence-electron chi connectivity index (χ4n) is 4.15. The van der Waals surface area contributed by atoms with E-state index in [2.05, 4.69) is 31.0 Å². The summed E-state index contributed by atoms with van der Waals surface area (Å²) in [4.78, 5) is 2.84. The summed E-state index contributed by atoms with van der Waals surface area (Å²) in [6.07, 6.45) is 7.23. The Morgan fingerprint density at radius 3 is 2.47 bits per heavy atom. The number of piperazine rings is 1. The molecule has 1 aliphatic heterocycles. The van der Waals surface area contributed by atoms with Crippen LogP contribution in [0.5, 0.6) is 0 Å². The molecular weight excluding hydrogens is 208 g/mol. The van der Waals surface area contributed by atoms with Crippen molar-refractivity contribution in [3.63, 3.8) is 0 Å². The summed E-state index contributed by atoms with van der Waals surface area (Å²) in [5.41, 5.74) is 0.412. The SMILES string of the molecule is CC1CCCC1N1CC(C)(C2CC2)NCC1C. The van der Waals surface area contributed by atoms with Crippen LogP contribution in [0.2, 0.25) is 0 Å². The third kappa shape index (κ3) is 2.15. The molecule has 2 aliphatic carbocycles. The Balaban J connectivity index is 1.73. The van der Waals surface area contributed by atoms with Crippen molar-refractivity contribution in [2.24, 2.45) is 11.8 Å². The molecule has 1 N–H and O–H groups in total. The minimum atomic E-state index is 0.412. The topological polar surface area (TPSA) is 15.3 Å². The lowest BCUT2D eigenvalue weighted by atomic mass is 9.89. The molecule has 1 heterocycles. The smallest absolute Gasteiger partial charge is 0.0309 e. The minimum Gasteiger partial charge on any atom is -0.308 e. The predicted molar refractivity (Wildman–Crippen MR) is 72.1 cm³/mol. The lowest BCUT2D eigenvalue weighted by Crippen LogP contribution is -2.65. The lowest BCUT2D eigenvalue weighted by molar-refractivity contribution is 0.0343. The Labute approximate surface area is 106 Å². The second-order valence-electron chi connectivity index (χ2n) is 7.07. The average molecular weight is 236 g/mol. The summed E-state index contributed by atoms with van der Waals surface area (Å²) in [6, 6.07) is 1.59. The number of rotatable bonds is 2. The molecule has 2 saturated carbocycles. The normalized spacial score (nSPS) is 48.5. The zero-order valence-corrected chi connectivity index (χ0v) is 11.7. The van der Waals surface area contributed by atoms with Crippen molar-refractivity contribution in [2.45, 2.75) is 70.5 Å². The highest BCUT2D eigenvalue weighted by Crippen LogP contribution is 2.43. The van der Waals surface area contributed by atoms with Gasteiger partial charge >= 0.3 is 0 Å². The van der Waals surface area contributed by atoms with E-state index in [1.54, 1.807) is 0 Å². The summed E-state index contributed by atoms with van der Waals surface area (Å²) >= 11 is 0. The molecule has 0 aromatic rings. The van der Waals surface area contributed by atoms with E-state index >= 15 is 0 Å². The first-order chi connectivity index (χ1) is 8.10. The molecule has 98 valence electrons. The number of hydrogen-bond donors (Lipinski definition) is 1. The van der Waals surface area contributed by atoms with Crippen LogP contribution in [0.15, 0.2) is 0 Å². The van der Waals surface area contributed by atoms with Gasteiger partial charge in [-0.3, -0.25) is 4.90 Å². The van der Waals surface area contributed by atoms with Gasteiger partial charge < -0.3 is 5.32 Å².